The van der Waals surface area contributed by atoms with Crippen LogP contribution in [0.5, 0.6) is 11.5 Å². The molecule has 0 saturated carbocycles. The Bertz CT molecular complexity index is 644. The molecule has 0 spiro atoms. The third-order valence-electron chi connectivity index (χ3n) is 2.35. The lowest BCUT2D eigenvalue weighted by Gasteiger charge is -2.12. The van der Waals surface area contributed by atoms with E-state index in [9.17, 15) is 0 Å². The van der Waals surface area contributed by atoms with Crippen molar-refractivity contribution >= 4 is 53.6 Å². The number of halogens is 3. The molecule has 2 rings (SSSR count). The first-order valence-electron chi connectivity index (χ1n) is 5.24. The minimum Gasteiger partial charge on any atom is -0.455 e. The maximum atomic E-state index is 7.58. The van der Waals surface area contributed by atoms with Crippen molar-refractivity contribution in [2.45, 2.75) is 0 Å². The van der Waals surface area contributed by atoms with Gasteiger partial charge in [0.05, 0.1) is 10.0 Å². The number of nitrogens with one attached hydrogen (secondary N) is 1. The summed E-state index contributed by atoms with van der Waals surface area (Å²) in [6.45, 7) is 0. The van der Waals surface area contributed by atoms with Crippen LogP contribution in [0.2, 0.25) is 0 Å². The zero-order chi connectivity index (χ0) is 14.0. The highest BCUT2D eigenvalue weighted by Crippen LogP contribution is 2.34. The average Bonchev–Trinajstić information content (AvgIpc) is 2.34. The molecule has 0 aromatic heterocycles. The van der Waals surface area contributed by atoms with E-state index in [0.29, 0.717) is 17.1 Å². The number of rotatable bonds is 3. The topological polar surface area (TPSA) is 59.1 Å². The van der Waals surface area contributed by atoms with Crippen molar-refractivity contribution in [1.82, 2.24) is 0 Å². The van der Waals surface area contributed by atoms with E-state index in [1.807, 2.05) is 24.3 Å². The normalized spacial score (nSPS) is 10.3. The van der Waals surface area contributed by atoms with Gasteiger partial charge in [-0.05, 0) is 52.3 Å². The largest absolute Gasteiger partial charge is 0.455 e. The second-order valence-corrected chi connectivity index (χ2v) is 6.42. The highest BCUT2D eigenvalue weighted by molar-refractivity contribution is 9.11. The van der Waals surface area contributed by atoms with E-state index in [2.05, 4.69) is 47.8 Å². The summed E-state index contributed by atoms with van der Waals surface area (Å²) in [4.78, 5) is 0. The van der Waals surface area contributed by atoms with Gasteiger partial charge in [0.25, 0.3) is 0 Å². The first-order valence-corrected chi connectivity index (χ1v) is 7.62. The van der Waals surface area contributed by atoms with Crippen LogP contribution >= 0.6 is 47.8 Å². The maximum absolute atomic E-state index is 7.58. The van der Waals surface area contributed by atoms with E-state index >= 15 is 0 Å². The van der Waals surface area contributed by atoms with Crippen LogP contribution in [0.4, 0.5) is 0 Å². The van der Waals surface area contributed by atoms with E-state index in [1.54, 1.807) is 12.1 Å². The molecule has 0 aliphatic carbocycles. The quantitative estimate of drug-likeness (QED) is 0.510. The van der Waals surface area contributed by atoms with E-state index in [-0.39, 0.29) is 5.84 Å². The predicted octanol–water partition coefficient (Wildman–Crippen LogP) is 5.05. The summed E-state index contributed by atoms with van der Waals surface area (Å²) < 4.78 is 8.42. The summed E-state index contributed by atoms with van der Waals surface area (Å²) in [5.74, 6) is 1.16. The molecule has 0 bridgehead atoms. The summed E-state index contributed by atoms with van der Waals surface area (Å²) in [5, 5.41) is 7.58. The number of ether oxygens (including phenoxy) is 1. The number of hydrogen-bond donors (Lipinski definition) is 2. The molecule has 2 aromatic rings. The van der Waals surface area contributed by atoms with Crippen LogP contribution in [0.1, 0.15) is 5.56 Å². The fraction of sp³-hybridized carbons (Fsp3) is 0. The predicted molar refractivity (Wildman–Crippen MR) is 87.1 cm³/mol. The van der Waals surface area contributed by atoms with Crippen molar-refractivity contribution in [3.63, 3.8) is 0 Å². The molecule has 3 nitrogen and oxygen atoms in total. The van der Waals surface area contributed by atoms with Crippen molar-refractivity contribution in [2.75, 3.05) is 0 Å². The molecular weight excluding hydrogens is 440 g/mol. The zero-order valence-electron chi connectivity index (χ0n) is 9.58. The second-order valence-electron chi connectivity index (χ2n) is 3.73. The average molecular weight is 449 g/mol. The molecule has 0 amide bonds. The molecule has 0 heterocycles. The molecule has 0 saturated heterocycles. The van der Waals surface area contributed by atoms with Crippen LogP contribution in [-0.2, 0) is 0 Å². The Kier molecular flexibility index (Phi) is 4.65. The Labute approximate surface area is 136 Å². The molecule has 98 valence electrons. The van der Waals surface area contributed by atoms with Gasteiger partial charge in [0.2, 0.25) is 0 Å². The summed E-state index contributed by atoms with van der Waals surface area (Å²) in [7, 11) is 0. The van der Waals surface area contributed by atoms with E-state index < -0.39 is 0 Å². The van der Waals surface area contributed by atoms with Crippen molar-refractivity contribution in [3.8, 4) is 11.5 Å². The van der Waals surface area contributed by atoms with Crippen LogP contribution in [0.15, 0.2) is 49.8 Å². The fourth-order valence-electron chi connectivity index (χ4n) is 1.48. The summed E-state index contributed by atoms with van der Waals surface area (Å²) >= 11 is 10.2. The first kappa shape index (κ1) is 14.6. The SMILES string of the molecule is N=C(N)c1cc(Br)ccc1Oc1ccc(Br)cc1Br. The zero-order valence-corrected chi connectivity index (χ0v) is 14.3. The van der Waals surface area contributed by atoms with Gasteiger partial charge in [0.15, 0.2) is 0 Å². The van der Waals surface area contributed by atoms with Gasteiger partial charge in [-0.15, -0.1) is 0 Å². The molecular formula is C13H9Br3N2O. The maximum Gasteiger partial charge on any atom is 0.141 e. The minimum atomic E-state index is -0.0375. The molecule has 0 atom stereocenters. The summed E-state index contributed by atoms with van der Waals surface area (Å²) in [6.07, 6.45) is 0. The number of hydrogen-bond acceptors (Lipinski definition) is 2. The van der Waals surface area contributed by atoms with Gasteiger partial charge in [-0.25, -0.2) is 0 Å². The first-order chi connectivity index (χ1) is 8.97. The Balaban J connectivity index is 2.40. The second kappa shape index (κ2) is 6.07. The number of benzene rings is 2. The highest BCUT2D eigenvalue weighted by Gasteiger charge is 2.10. The Morgan fingerprint density at radius 1 is 0.947 bits per heavy atom. The smallest absolute Gasteiger partial charge is 0.141 e. The molecule has 0 unspecified atom stereocenters. The van der Waals surface area contributed by atoms with Crippen molar-refractivity contribution in [2.24, 2.45) is 5.73 Å². The van der Waals surface area contributed by atoms with Gasteiger partial charge in [0.1, 0.15) is 17.3 Å². The van der Waals surface area contributed by atoms with Gasteiger partial charge in [-0.3, -0.25) is 5.41 Å². The molecule has 19 heavy (non-hydrogen) atoms. The molecule has 0 radical (unpaired) electrons. The molecule has 0 fully saturated rings. The van der Waals surface area contributed by atoms with E-state index in [0.717, 1.165) is 13.4 Å². The van der Waals surface area contributed by atoms with Crippen LogP contribution in [0, 0.1) is 5.41 Å². The van der Waals surface area contributed by atoms with Gasteiger partial charge in [0, 0.05) is 8.95 Å². The standard InChI is InChI=1S/C13H9Br3N2O/c14-7-1-3-11(9(5-7)13(17)18)19-12-4-2-8(15)6-10(12)16/h1-6H,(H3,17,18). The molecule has 3 N–H and O–H groups in total. The van der Waals surface area contributed by atoms with Crippen molar-refractivity contribution in [1.29, 1.82) is 5.41 Å². The number of nitrogen functional groups attached to an aromatic ring is 1. The van der Waals surface area contributed by atoms with Crippen LogP contribution in [0.25, 0.3) is 0 Å². The van der Waals surface area contributed by atoms with E-state index in [4.69, 9.17) is 15.9 Å². The molecule has 6 heteroatoms. The van der Waals surface area contributed by atoms with Crippen LogP contribution in [0.3, 0.4) is 0 Å². The Hall–Kier alpha value is -0.850. The number of nitrogens with two attached hydrogens (primary N) is 1. The van der Waals surface area contributed by atoms with Gasteiger partial charge >= 0.3 is 0 Å². The lowest BCUT2D eigenvalue weighted by molar-refractivity contribution is 0.478. The lowest BCUT2D eigenvalue weighted by atomic mass is 10.2. The third-order valence-corrected chi connectivity index (χ3v) is 3.95. The summed E-state index contributed by atoms with van der Waals surface area (Å²) in [6, 6.07) is 11.0. The molecule has 2 aromatic carbocycles. The summed E-state index contributed by atoms with van der Waals surface area (Å²) in [5.41, 5.74) is 6.11. The molecule has 0 aliphatic rings. The third kappa shape index (κ3) is 3.58. The van der Waals surface area contributed by atoms with Crippen molar-refractivity contribution in [3.05, 3.63) is 55.4 Å². The Morgan fingerprint density at radius 2 is 1.53 bits per heavy atom. The van der Waals surface area contributed by atoms with E-state index in [1.165, 1.54) is 0 Å². The minimum absolute atomic E-state index is 0.0375. The van der Waals surface area contributed by atoms with Gasteiger partial charge in [-0.2, -0.15) is 0 Å². The van der Waals surface area contributed by atoms with Crippen LogP contribution in [-0.4, -0.2) is 5.84 Å². The lowest BCUT2D eigenvalue weighted by Crippen LogP contribution is -2.12. The monoisotopic (exact) mass is 446 g/mol. The Morgan fingerprint density at radius 3 is 2.11 bits per heavy atom. The van der Waals surface area contributed by atoms with Crippen molar-refractivity contribution < 1.29 is 4.74 Å². The molecule has 0 aliphatic heterocycles. The fourth-order valence-corrected chi connectivity index (χ4v) is 2.97. The van der Waals surface area contributed by atoms with Gasteiger partial charge in [-0.1, -0.05) is 31.9 Å². The highest BCUT2D eigenvalue weighted by atomic mass is 79.9. The van der Waals surface area contributed by atoms with Crippen LogP contribution < -0.4 is 10.5 Å². The number of amidine groups is 1. The van der Waals surface area contributed by atoms with Gasteiger partial charge < -0.3 is 10.5 Å².